The van der Waals surface area contributed by atoms with Crippen molar-refractivity contribution in [2.24, 2.45) is 0 Å². The molecule has 0 aliphatic heterocycles. The highest BCUT2D eigenvalue weighted by molar-refractivity contribution is 6.29. The van der Waals surface area contributed by atoms with E-state index in [4.69, 9.17) is 11.6 Å². The summed E-state index contributed by atoms with van der Waals surface area (Å²) in [6.45, 7) is -0.0297. The zero-order chi connectivity index (χ0) is 14.8. The van der Waals surface area contributed by atoms with Crippen molar-refractivity contribution in [3.63, 3.8) is 0 Å². The summed E-state index contributed by atoms with van der Waals surface area (Å²) in [4.78, 5) is 18.3. The van der Waals surface area contributed by atoms with Crippen molar-refractivity contribution in [2.45, 2.75) is 31.2 Å². The van der Waals surface area contributed by atoms with Gasteiger partial charge in [-0.1, -0.05) is 24.4 Å². The Hall–Kier alpha value is -1.33. The van der Waals surface area contributed by atoms with Crippen LogP contribution in [0.1, 0.15) is 36.0 Å². The number of anilines is 1. The minimum atomic E-state index is -0.481. The fraction of sp³-hybridized carbons (Fsp3) is 0.571. The maximum atomic E-state index is 12.4. The molecule has 0 atom stereocenters. The lowest BCUT2D eigenvalue weighted by atomic mass is 9.98. The molecule has 0 aromatic carbocycles. The highest BCUT2D eigenvalue weighted by atomic mass is 35.5. The van der Waals surface area contributed by atoms with Crippen molar-refractivity contribution in [1.82, 2.24) is 10.3 Å². The van der Waals surface area contributed by atoms with Crippen molar-refractivity contribution < 1.29 is 9.90 Å². The molecule has 0 spiro atoms. The number of hydrogen-bond acceptors (Lipinski definition) is 4. The molecule has 1 saturated carbocycles. The molecule has 1 amide bonds. The molecule has 1 heterocycles. The Morgan fingerprint density at radius 3 is 2.65 bits per heavy atom. The van der Waals surface area contributed by atoms with Crippen LogP contribution in [0.3, 0.4) is 0 Å². The van der Waals surface area contributed by atoms with Crippen LogP contribution in [-0.4, -0.2) is 42.2 Å². The second-order valence-electron chi connectivity index (χ2n) is 5.53. The van der Waals surface area contributed by atoms with Gasteiger partial charge < -0.3 is 15.3 Å². The number of nitrogens with zero attached hydrogens (tertiary/aromatic N) is 2. The van der Waals surface area contributed by atoms with E-state index in [1.807, 2.05) is 14.1 Å². The van der Waals surface area contributed by atoms with E-state index in [1.165, 1.54) is 0 Å². The molecule has 0 radical (unpaired) electrons. The largest absolute Gasteiger partial charge is 0.394 e. The number of halogens is 1. The highest BCUT2D eigenvalue weighted by Gasteiger charge is 2.34. The Labute approximate surface area is 123 Å². The Bertz CT molecular complexity index is 499. The van der Waals surface area contributed by atoms with Gasteiger partial charge in [-0.05, 0) is 25.0 Å². The number of carbonyl (C=O) groups excluding carboxylic acids is 1. The summed E-state index contributed by atoms with van der Waals surface area (Å²) in [5, 5.41) is 12.8. The maximum absolute atomic E-state index is 12.4. The van der Waals surface area contributed by atoms with Gasteiger partial charge in [0.1, 0.15) is 11.0 Å². The van der Waals surface area contributed by atoms with Crippen LogP contribution >= 0.6 is 11.6 Å². The summed E-state index contributed by atoms with van der Waals surface area (Å²) in [5.41, 5.74) is -0.0149. The molecule has 1 aliphatic carbocycles. The molecule has 5 nitrogen and oxygen atoms in total. The highest BCUT2D eigenvalue weighted by Crippen LogP contribution is 2.29. The van der Waals surface area contributed by atoms with Crippen molar-refractivity contribution in [3.8, 4) is 0 Å². The standard InChI is InChI=1S/C14H20ClN3O2/c1-18(2)12-8-10(7-11(15)16-12)13(20)17-14(9-19)5-3-4-6-14/h7-8,19H,3-6,9H2,1-2H3,(H,17,20). The topological polar surface area (TPSA) is 65.5 Å². The first kappa shape index (κ1) is 15.1. The Balaban J connectivity index is 2.20. The summed E-state index contributed by atoms with van der Waals surface area (Å²) in [6, 6.07) is 3.24. The third-order valence-corrected chi connectivity index (χ3v) is 3.94. The lowest BCUT2D eigenvalue weighted by Crippen LogP contribution is -2.49. The lowest BCUT2D eigenvalue weighted by Gasteiger charge is -2.28. The van der Waals surface area contributed by atoms with Gasteiger partial charge in [0.2, 0.25) is 0 Å². The predicted molar refractivity (Wildman–Crippen MR) is 79.3 cm³/mol. The fourth-order valence-electron chi connectivity index (χ4n) is 2.53. The summed E-state index contributed by atoms with van der Waals surface area (Å²) < 4.78 is 0. The Morgan fingerprint density at radius 1 is 1.45 bits per heavy atom. The molecular weight excluding hydrogens is 278 g/mol. The van der Waals surface area contributed by atoms with E-state index in [-0.39, 0.29) is 17.7 Å². The maximum Gasteiger partial charge on any atom is 0.252 e. The van der Waals surface area contributed by atoms with Crippen molar-refractivity contribution >= 4 is 23.3 Å². The van der Waals surface area contributed by atoms with Gasteiger partial charge in [-0.25, -0.2) is 4.98 Å². The van der Waals surface area contributed by atoms with Gasteiger partial charge in [0, 0.05) is 19.7 Å². The van der Waals surface area contributed by atoms with Crippen molar-refractivity contribution in [2.75, 3.05) is 25.6 Å². The first-order valence-corrected chi connectivity index (χ1v) is 7.12. The van der Waals surface area contributed by atoms with Gasteiger partial charge in [-0.2, -0.15) is 0 Å². The van der Waals surface area contributed by atoms with Gasteiger partial charge in [0.15, 0.2) is 0 Å². The zero-order valence-electron chi connectivity index (χ0n) is 11.8. The number of aliphatic hydroxyl groups is 1. The molecule has 20 heavy (non-hydrogen) atoms. The molecule has 2 rings (SSSR count). The number of hydrogen-bond donors (Lipinski definition) is 2. The third-order valence-electron chi connectivity index (χ3n) is 3.74. The SMILES string of the molecule is CN(C)c1cc(C(=O)NC2(CO)CCCC2)cc(Cl)n1. The number of rotatable bonds is 4. The van der Waals surface area contributed by atoms with Gasteiger partial charge >= 0.3 is 0 Å². The molecule has 110 valence electrons. The molecule has 1 aromatic heterocycles. The smallest absolute Gasteiger partial charge is 0.252 e. The number of carbonyl (C=O) groups is 1. The van der Waals surface area contributed by atoms with Crippen LogP contribution in [0.5, 0.6) is 0 Å². The fourth-order valence-corrected chi connectivity index (χ4v) is 2.73. The molecule has 1 aliphatic rings. The van der Waals surface area contributed by atoms with Crippen molar-refractivity contribution in [3.05, 3.63) is 22.8 Å². The summed E-state index contributed by atoms with van der Waals surface area (Å²) in [7, 11) is 3.68. The molecule has 6 heteroatoms. The van der Waals surface area contributed by atoms with Gasteiger partial charge in [-0.15, -0.1) is 0 Å². The van der Waals surface area contributed by atoms with Gasteiger partial charge in [-0.3, -0.25) is 4.79 Å². The number of nitrogens with one attached hydrogen (secondary N) is 1. The summed E-state index contributed by atoms with van der Waals surface area (Å²) in [5.74, 6) is 0.417. The molecule has 0 bridgehead atoms. The zero-order valence-corrected chi connectivity index (χ0v) is 12.6. The van der Waals surface area contributed by atoms with Gasteiger partial charge in [0.05, 0.1) is 12.1 Å². The molecule has 0 saturated heterocycles. The lowest BCUT2D eigenvalue weighted by molar-refractivity contribution is 0.0838. The van der Waals surface area contributed by atoms with Crippen LogP contribution in [0.25, 0.3) is 0 Å². The van der Waals surface area contributed by atoms with Crippen molar-refractivity contribution in [1.29, 1.82) is 0 Å². The molecule has 1 aromatic rings. The van der Waals surface area contributed by atoms with E-state index in [1.54, 1.807) is 17.0 Å². The third kappa shape index (κ3) is 3.22. The van der Waals surface area contributed by atoms with Crippen LogP contribution in [0.2, 0.25) is 5.15 Å². The summed E-state index contributed by atoms with van der Waals surface area (Å²) >= 11 is 5.96. The first-order chi connectivity index (χ1) is 9.46. The average molecular weight is 298 g/mol. The van der Waals surface area contributed by atoms with Crippen LogP contribution in [0.15, 0.2) is 12.1 Å². The normalized spacial score (nSPS) is 17.0. The van der Waals surface area contributed by atoms with E-state index in [9.17, 15) is 9.90 Å². The number of aliphatic hydroxyl groups excluding tert-OH is 1. The second kappa shape index (κ2) is 5.97. The van der Waals surface area contributed by atoms with E-state index < -0.39 is 5.54 Å². The first-order valence-electron chi connectivity index (χ1n) is 6.74. The van der Waals surface area contributed by atoms with E-state index in [0.717, 1.165) is 25.7 Å². The van der Waals surface area contributed by atoms with Crippen LogP contribution in [0, 0.1) is 0 Å². The Kier molecular flexibility index (Phi) is 4.50. The van der Waals surface area contributed by atoms with Crippen LogP contribution in [0.4, 0.5) is 5.82 Å². The molecule has 1 fully saturated rings. The second-order valence-corrected chi connectivity index (χ2v) is 5.92. The summed E-state index contributed by atoms with van der Waals surface area (Å²) in [6.07, 6.45) is 3.69. The minimum absolute atomic E-state index is 0.0297. The number of amides is 1. The minimum Gasteiger partial charge on any atom is -0.394 e. The van der Waals surface area contributed by atoms with E-state index >= 15 is 0 Å². The molecule has 0 unspecified atom stereocenters. The quantitative estimate of drug-likeness (QED) is 0.832. The number of pyridine rings is 1. The molecule has 2 N–H and O–H groups in total. The monoisotopic (exact) mass is 297 g/mol. The predicted octanol–water partition coefficient (Wildman–Crippen LogP) is 1.84. The van der Waals surface area contributed by atoms with Crippen LogP contribution in [-0.2, 0) is 0 Å². The van der Waals surface area contributed by atoms with E-state index in [2.05, 4.69) is 10.3 Å². The Morgan fingerprint density at radius 2 is 2.10 bits per heavy atom. The van der Waals surface area contributed by atoms with E-state index in [0.29, 0.717) is 11.4 Å². The average Bonchev–Trinajstić information content (AvgIpc) is 2.87. The van der Waals surface area contributed by atoms with Crippen LogP contribution < -0.4 is 10.2 Å². The number of aromatic nitrogens is 1. The van der Waals surface area contributed by atoms with Gasteiger partial charge in [0.25, 0.3) is 5.91 Å². The molecular formula is C14H20ClN3O2.